The third-order valence-corrected chi connectivity index (χ3v) is 14.7. The van der Waals surface area contributed by atoms with Crippen LogP contribution in [0.15, 0.2) is 89.4 Å². The number of nitrogens with zero attached hydrogens (tertiary/aromatic N) is 5. The summed E-state index contributed by atoms with van der Waals surface area (Å²) < 4.78 is 35.1. The van der Waals surface area contributed by atoms with E-state index in [9.17, 15) is 29.1 Å². The molecular weight excluding hydrogens is 992 g/mol. The topological polar surface area (TPSA) is 216 Å². The number of aromatic nitrogens is 4. The van der Waals surface area contributed by atoms with Gasteiger partial charge in [-0.25, -0.2) is 19.3 Å². The van der Waals surface area contributed by atoms with Crippen LogP contribution in [0, 0.1) is 25.1 Å². The van der Waals surface area contributed by atoms with Crippen LogP contribution in [0.1, 0.15) is 92.7 Å². The minimum absolute atomic E-state index is 0.0237. The summed E-state index contributed by atoms with van der Waals surface area (Å²) in [5, 5.41) is 20.0. The largest absolute Gasteiger partial charge is 0.493 e. The number of nitrogens with one attached hydrogen (secondary N) is 3. The normalized spacial score (nSPS) is 14.9. The molecule has 1 aliphatic rings. The predicted octanol–water partition coefficient (Wildman–Crippen LogP) is 8.73. The van der Waals surface area contributed by atoms with Crippen molar-refractivity contribution in [2.24, 2.45) is 12.5 Å². The standard InChI is InChI=1S/C57H63FN8O9S/c1-9-34-16-20-43-40(23-34)50(69)49(33(3)65(43)7)54(71)63-37-19-21-45(41(58)24-37)75-55-39-26-46(73-8)47(27-42(39)60-30-61-55)74-22-12-10-11-13-48(68)64-52(57(4,5)6)56(72)66-29-38(67)25-44(66)53(70)59-28-35-14-17-36(18-15-35)51-32(2)62-31-76-51/h14-21,23-24,26-27,30-31,38,44,52,67H,9-13,22,25,28-29H2,1-8H3,(H,59,70)(H,63,71)(H,64,68). The average Bonchev–Trinajstić information content (AvgIpc) is 4.03. The van der Waals surface area contributed by atoms with E-state index in [1.54, 1.807) is 53.6 Å². The molecular formula is C57H63FN8O9S. The van der Waals surface area contributed by atoms with Gasteiger partial charge in [0.25, 0.3) is 5.91 Å². The van der Waals surface area contributed by atoms with E-state index in [2.05, 4.69) is 30.9 Å². The van der Waals surface area contributed by atoms with Crippen LogP contribution in [0.25, 0.3) is 32.2 Å². The molecule has 0 spiro atoms. The smallest absolute Gasteiger partial charge is 0.261 e. The predicted molar refractivity (Wildman–Crippen MR) is 289 cm³/mol. The Morgan fingerprint density at radius 1 is 0.908 bits per heavy atom. The lowest BCUT2D eigenvalue weighted by molar-refractivity contribution is -0.144. The van der Waals surface area contributed by atoms with Crippen LogP contribution in [0.4, 0.5) is 10.1 Å². The van der Waals surface area contributed by atoms with Crippen LogP contribution in [0.5, 0.6) is 23.1 Å². The van der Waals surface area contributed by atoms with Gasteiger partial charge in [0.2, 0.25) is 29.0 Å². The number of hydrogen-bond donors (Lipinski definition) is 4. The van der Waals surface area contributed by atoms with Crippen LogP contribution in [-0.2, 0) is 34.4 Å². The molecule has 4 N–H and O–H groups in total. The number of aryl methyl sites for hydroxylation is 3. The number of amides is 4. The third kappa shape index (κ3) is 12.2. The van der Waals surface area contributed by atoms with E-state index in [0.717, 1.165) is 39.7 Å². The molecule has 76 heavy (non-hydrogen) atoms. The lowest BCUT2D eigenvalue weighted by Crippen LogP contribution is -2.57. The summed E-state index contributed by atoms with van der Waals surface area (Å²) in [6.07, 6.45) is 3.07. The van der Waals surface area contributed by atoms with Crippen molar-refractivity contribution in [3.8, 4) is 33.6 Å². The van der Waals surface area contributed by atoms with Crippen molar-refractivity contribution in [3.63, 3.8) is 0 Å². The average molecular weight is 1060 g/mol. The zero-order valence-electron chi connectivity index (χ0n) is 43.9. The van der Waals surface area contributed by atoms with Crippen LogP contribution in [-0.4, -0.2) is 91.6 Å². The van der Waals surface area contributed by atoms with E-state index in [-0.39, 0.29) is 67.2 Å². The first-order valence-electron chi connectivity index (χ1n) is 25.3. The number of likely N-dealkylation sites (tertiary alicyclic amines) is 1. The molecule has 1 fully saturated rings. The maximum Gasteiger partial charge on any atom is 0.261 e. The second-order valence-corrected chi connectivity index (χ2v) is 20.9. The molecule has 0 radical (unpaired) electrons. The molecule has 8 rings (SSSR count). The number of β-amino-alcohol motifs (C(OH)–C–C–N with tert-alkyl or cyclic N) is 1. The van der Waals surface area contributed by atoms with Crippen molar-refractivity contribution in [3.05, 3.63) is 129 Å². The molecule has 19 heteroatoms. The number of thiazole rings is 1. The van der Waals surface area contributed by atoms with Crippen LogP contribution < -0.4 is 35.6 Å². The SMILES string of the molecule is CCc1ccc2c(c1)c(=O)c(C(=O)Nc1ccc(Oc3ncnc4cc(OCCCCCC(=O)NC(C(=O)N5CC(O)CC5C(=O)NCc5ccc(-c6scnc6C)cc5)C(C)(C)C)c(OC)cc34)c(F)c1)c(C)n2C. The second-order valence-electron chi connectivity index (χ2n) is 20.1. The number of hydrogen-bond acceptors (Lipinski definition) is 13. The highest BCUT2D eigenvalue weighted by Crippen LogP contribution is 2.37. The van der Waals surface area contributed by atoms with Gasteiger partial charge >= 0.3 is 0 Å². The fourth-order valence-electron chi connectivity index (χ4n) is 9.31. The summed E-state index contributed by atoms with van der Waals surface area (Å²) in [5.41, 5.74) is 6.23. The van der Waals surface area contributed by atoms with Gasteiger partial charge in [-0.2, -0.15) is 0 Å². The van der Waals surface area contributed by atoms with E-state index in [4.69, 9.17) is 14.2 Å². The van der Waals surface area contributed by atoms with Crippen LogP contribution >= 0.6 is 11.3 Å². The molecule has 3 atom stereocenters. The van der Waals surface area contributed by atoms with E-state index >= 15 is 4.39 Å². The summed E-state index contributed by atoms with van der Waals surface area (Å²) in [6, 6.07) is 18.8. The van der Waals surface area contributed by atoms with Crippen molar-refractivity contribution in [1.29, 1.82) is 0 Å². The van der Waals surface area contributed by atoms with E-state index in [1.165, 1.54) is 30.5 Å². The minimum Gasteiger partial charge on any atom is -0.493 e. The lowest BCUT2D eigenvalue weighted by atomic mass is 9.85. The number of fused-ring (bicyclic) bond motifs is 2. The molecule has 0 aliphatic carbocycles. The Morgan fingerprint density at radius 3 is 2.37 bits per heavy atom. The number of pyridine rings is 1. The fraction of sp³-hybridized carbons (Fsp3) is 0.368. The molecule has 0 bridgehead atoms. The zero-order chi connectivity index (χ0) is 54.4. The summed E-state index contributed by atoms with van der Waals surface area (Å²) in [6.45, 7) is 11.7. The first-order valence-corrected chi connectivity index (χ1v) is 26.1. The van der Waals surface area contributed by atoms with Gasteiger partial charge in [0, 0.05) is 61.9 Å². The molecule has 398 valence electrons. The zero-order valence-corrected chi connectivity index (χ0v) is 44.7. The lowest BCUT2D eigenvalue weighted by Gasteiger charge is -2.35. The van der Waals surface area contributed by atoms with Crippen molar-refractivity contribution >= 4 is 62.5 Å². The van der Waals surface area contributed by atoms with Crippen LogP contribution in [0.3, 0.4) is 0 Å². The first kappa shape index (κ1) is 54.5. The fourth-order valence-corrected chi connectivity index (χ4v) is 10.1. The Morgan fingerprint density at radius 2 is 1.67 bits per heavy atom. The minimum atomic E-state index is -0.944. The number of ether oxygens (including phenoxy) is 3. The van der Waals surface area contributed by atoms with E-state index in [1.807, 2.05) is 71.0 Å². The quantitative estimate of drug-likeness (QED) is 0.0560. The second kappa shape index (κ2) is 23.4. The maximum absolute atomic E-state index is 15.6. The molecule has 17 nitrogen and oxygen atoms in total. The summed E-state index contributed by atoms with van der Waals surface area (Å²) in [5.74, 6) is -1.96. The monoisotopic (exact) mass is 1050 g/mol. The number of methoxy groups -OCH3 is 1. The molecule has 4 amide bonds. The number of halogens is 1. The number of unbranched alkanes of at least 4 members (excludes halogenated alkanes) is 2. The first-order chi connectivity index (χ1) is 36.3. The van der Waals surface area contributed by atoms with Gasteiger partial charge in [-0.1, -0.05) is 58.0 Å². The maximum atomic E-state index is 15.6. The van der Waals surface area contributed by atoms with E-state index in [0.29, 0.717) is 58.3 Å². The van der Waals surface area contributed by atoms with Gasteiger partial charge in [-0.05, 0) is 92.0 Å². The Labute approximate surface area is 443 Å². The summed E-state index contributed by atoms with van der Waals surface area (Å²) in [4.78, 5) is 83.5. The Bertz CT molecular complexity index is 3370. The number of aliphatic hydroxyl groups is 1. The Kier molecular flexibility index (Phi) is 16.8. The van der Waals surface area contributed by atoms with Gasteiger partial charge < -0.3 is 44.7 Å². The van der Waals surface area contributed by atoms with Crippen molar-refractivity contribution in [2.75, 3.05) is 25.6 Å². The van der Waals surface area contributed by atoms with Gasteiger partial charge in [0.1, 0.15) is 24.0 Å². The molecule has 3 aromatic heterocycles. The molecule has 3 unspecified atom stereocenters. The Balaban J connectivity index is 0.822. The summed E-state index contributed by atoms with van der Waals surface area (Å²) >= 11 is 1.56. The number of benzene rings is 4. The number of rotatable bonds is 19. The molecule has 4 heterocycles. The number of carbonyl (C=O) groups excluding carboxylic acids is 4. The molecule has 7 aromatic rings. The summed E-state index contributed by atoms with van der Waals surface area (Å²) in [7, 11) is 3.26. The number of carbonyl (C=O) groups is 4. The van der Waals surface area contributed by atoms with Crippen molar-refractivity contribution < 1.29 is 42.9 Å². The Hall–Kier alpha value is -7.77. The molecule has 1 saturated heterocycles. The van der Waals surface area contributed by atoms with Crippen molar-refractivity contribution in [1.82, 2.24) is 35.1 Å². The van der Waals surface area contributed by atoms with Crippen molar-refractivity contribution in [2.45, 2.75) is 105 Å². The van der Waals surface area contributed by atoms with Gasteiger partial charge in [0.15, 0.2) is 23.1 Å². The highest BCUT2D eigenvalue weighted by Gasteiger charge is 2.44. The van der Waals surface area contributed by atoms with Gasteiger partial charge in [-0.15, -0.1) is 11.3 Å². The van der Waals surface area contributed by atoms with Crippen LogP contribution in [0.2, 0.25) is 0 Å². The van der Waals surface area contributed by atoms with E-state index < -0.39 is 46.7 Å². The number of anilines is 1. The molecule has 4 aromatic carbocycles. The molecule has 1 aliphatic heterocycles. The van der Waals surface area contributed by atoms with Gasteiger partial charge in [-0.3, -0.25) is 24.0 Å². The highest BCUT2D eigenvalue weighted by atomic mass is 32.1. The highest BCUT2D eigenvalue weighted by molar-refractivity contribution is 7.13. The third-order valence-electron chi connectivity index (χ3n) is 13.7. The number of aliphatic hydroxyl groups excluding tert-OH is 1. The molecule has 0 saturated carbocycles. The van der Waals surface area contributed by atoms with Gasteiger partial charge in [0.05, 0.1) is 52.3 Å².